The van der Waals surface area contributed by atoms with Crippen molar-refractivity contribution in [2.24, 2.45) is 0 Å². The van der Waals surface area contributed by atoms with Crippen molar-refractivity contribution in [2.75, 3.05) is 27.9 Å². The molecular weight excluding hydrogens is 877 g/mol. The number of benzene rings is 4. The van der Waals surface area contributed by atoms with Crippen molar-refractivity contribution >= 4 is 115 Å². The lowest BCUT2D eigenvalue weighted by molar-refractivity contribution is -0.777. The second-order valence-corrected chi connectivity index (χ2v) is 18.1. The normalized spacial score (nSPS) is 15.6. The lowest BCUT2D eigenvalue weighted by atomic mass is 10.1. The zero-order chi connectivity index (χ0) is 40.4. The van der Waals surface area contributed by atoms with Crippen LogP contribution in [0.15, 0.2) is 130 Å². The predicted octanol–water partition coefficient (Wildman–Crippen LogP) is 11.3. The fourth-order valence-electron chi connectivity index (χ4n) is 6.93. The highest BCUT2D eigenvalue weighted by molar-refractivity contribution is 8.03. The summed E-state index contributed by atoms with van der Waals surface area (Å²) < 4.78 is 12.3. The van der Waals surface area contributed by atoms with Crippen molar-refractivity contribution < 1.29 is 33.8 Å². The highest BCUT2D eigenvalue weighted by Crippen LogP contribution is 2.49. The molecule has 9 nitrogen and oxygen atoms in total. The summed E-state index contributed by atoms with van der Waals surface area (Å²) in [6.45, 7) is 3.39. The summed E-state index contributed by atoms with van der Waals surface area (Å²) in [4.78, 5) is 5.75. The van der Waals surface area contributed by atoms with Crippen LogP contribution in [0, 0.1) is 6.92 Å². The molecule has 1 aromatic heterocycles. The third-order valence-electron chi connectivity index (χ3n) is 9.53. The third kappa shape index (κ3) is 10.3. The summed E-state index contributed by atoms with van der Waals surface area (Å²) in [5.41, 5.74) is 8.70. The molecule has 1 aliphatic heterocycles. The molecule has 0 fully saturated rings. The van der Waals surface area contributed by atoms with E-state index in [1.807, 2.05) is 37.3 Å². The number of allylic oxidation sites excluding steroid dienone is 5. The maximum Gasteiger partial charge on any atom is 0.262 e. The van der Waals surface area contributed by atoms with Gasteiger partial charge in [-0.05, 0) is 97.5 Å². The highest BCUT2D eigenvalue weighted by atomic mass is 35.5. The molecule has 0 spiro atoms. The van der Waals surface area contributed by atoms with Crippen molar-refractivity contribution in [3.05, 3.63) is 151 Å². The maximum absolute atomic E-state index is 10.4. The quantitative estimate of drug-likeness (QED) is 0.0277. The average molecular weight is 914 g/mol. The van der Waals surface area contributed by atoms with Gasteiger partial charge >= 0.3 is 0 Å². The molecule has 5 aromatic rings. The second-order valence-electron chi connectivity index (χ2n) is 13.2. The van der Waals surface area contributed by atoms with Gasteiger partial charge in [0.1, 0.15) is 4.70 Å². The molecule has 7 rings (SSSR count). The van der Waals surface area contributed by atoms with Crippen LogP contribution in [-0.4, -0.2) is 18.1 Å². The van der Waals surface area contributed by atoms with E-state index in [4.69, 9.17) is 34.8 Å². The Morgan fingerprint density at radius 1 is 0.810 bits per heavy atom. The van der Waals surface area contributed by atoms with E-state index in [1.54, 1.807) is 23.1 Å². The summed E-state index contributed by atoms with van der Waals surface area (Å²) >= 11 is 24.9. The number of fused-ring (bicyclic) bond motifs is 2. The first kappa shape index (κ1) is 43.1. The number of aromatic nitrogens is 1. The molecule has 0 N–H and O–H groups in total. The highest BCUT2D eigenvalue weighted by Gasteiger charge is 2.29. The van der Waals surface area contributed by atoms with Gasteiger partial charge in [0.25, 0.3) is 5.01 Å². The lowest BCUT2D eigenvalue weighted by Gasteiger charge is -2.28. The Morgan fingerprint density at radius 2 is 1.48 bits per heavy atom. The molecule has 2 heterocycles. The lowest BCUT2D eigenvalue weighted by Crippen LogP contribution is -2.35. The zero-order valence-corrected chi connectivity index (χ0v) is 36.6. The topological polar surface area (TPSA) is 93.4 Å². The predicted molar refractivity (Wildman–Crippen MR) is 236 cm³/mol. The number of anilines is 3. The van der Waals surface area contributed by atoms with Crippen LogP contribution in [0.4, 0.5) is 17.1 Å². The molecule has 58 heavy (non-hydrogen) atoms. The van der Waals surface area contributed by atoms with Crippen LogP contribution in [0.3, 0.4) is 0 Å². The number of halogens is 3. The first-order valence-corrected chi connectivity index (χ1v) is 22.9. The van der Waals surface area contributed by atoms with E-state index in [-0.39, 0.29) is 0 Å². The minimum absolute atomic E-state index is 0.488. The number of thiazole rings is 1. The Hall–Kier alpha value is -2.99. The van der Waals surface area contributed by atoms with E-state index in [2.05, 4.69) is 112 Å². The number of aryl methyl sites for hydroxylation is 2. The number of hydrogen-bond donors (Lipinski definition) is 0. The van der Waals surface area contributed by atoms with Gasteiger partial charge in [0.05, 0.1) is 26.5 Å². The Kier molecular flexibility index (Phi) is 15.6. The van der Waals surface area contributed by atoms with Gasteiger partial charge in [-0.25, -0.2) is 0 Å². The van der Waals surface area contributed by atoms with Crippen LogP contribution in [0.5, 0.6) is 0 Å². The van der Waals surface area contributed by atoms with Crippen molar-refractivity contribution in [2.45, 2.75) is 44.0 Å². The standard InChI is InChI=1S/C42H38Cl3N3O6S4/c1-28-24-36-38(26-33(28)43)57-40(46(36)20-8-22-55-53-51-49)18-16-29-14-15-30(42(29)48(31-10-4-2-5-11-31)32-12-6-3-7-13-32)17-19-41-47(21-9-23-56-54-52-50)37-25-34(44)35(45)27-39(37)58-41/h2-7,10-13,16-19,24-27H,8-9,14-15,20-23H2,1H3,(H-,49,50)/p-1. The van der Waals surface area contributed by atoms with Gasteiger partial charge in [-0.2, -0.15) is 13.2 Å². The number of rotatable bonds is 18. The summed E-state index contributed by atoms with van der Waals surface area (Å²) in [6.07, 6.45) is 12.0. The Labute approximate surface area is 369 Å². The molecule has 0 bridgehead atoms. The summed E-state index contributed by atoms with van der Waals surface area (Å²) in [7, 11) is 0. The molecule has 0 unspecified atom stereocenters. The van der Waals surface area contributed by atoms with E-state index in [1.165, 1.54) is 11.1 Å². The van der Waals surface area contributed by atoms with Crippen LogP contribution in [0.2, 0.25) is 15.1 Å². The van der Waals surface area contributed by atoms with Crippen LogP contribution < -0.4 is 24.9 Å². The molecule has 1 aliphatic carbocycles. The largest absolute Gasteiger partial charge is 0.691 e. The second kappa shape index (κ2) is 21.0. The van der Waals surface area contributed by atoms with Gasteiger partial charge < -0.3 is 20.3 Å². The Bertz CT molecular complexity index is 2300. The number of nitrogens with zero attached hydrogens (tertiary/aromatic N) is 3. The Balaban J connectivity index is 1.31. The fraction of sp³-hybridized carbons (Fsp3) is 0.214. The monoisotopic (exact) mass is 912 g/mol. The van der Waals surface area contributed by atoms with Crippen LogP contribution in [0.25, 0.3) is 16.3 Å². The fourth-order valence-corrected chi connectivity index (χ4v) is 10.5. The van der Waals surface area contributed by atoms with Gasteiger partial charge in [-0.1, -0.05) is 100 Å². The van der Waals surface area contributed by atoms with E-state index in [9.17, 15) is 10.5 Å². The van der Waals surface area contributed by atoms with Gasteiger partial charge in [-0.15, -0.1) is 0 Å². The molecule has 0 radical (unpaired) electrons. The average Bonchev–Trinajstić information content (AvgIpc) is 3.89. The zero-order valence-electron chi connectivity index (χ0n) is 31.1. The van der Waals surface area contributed by atoms with Gasteiger partial charge in [0, 0.05) is 82.0 Å². The summed E-state index contributed by atoms with van der Waals surface area (Å²) in [5.74, 6) is 1.16. The number of hydrogen-bond acceptors (Lipinski definition) is 12. The van der Waals surface area contributed by atoms with Crippen molar-refractivity contribution in [3.63, 3.8) is 0 Å². The van der Waals surface area contributed by atoms with Crippen molar-refractivity contribution in [1.82, 2.24) is 0 Å². The maximum atomic E-state index is 10.4. The van der Waals surface area contributed by atoms with Crippen LogP contribution in [0.1, 0.15) is 36.3 Å². The minimum Gasteiger partial charge on any atom is -0.691 e. The first-order chi connectivity index (χ1) is 28.4. The van der Waals surface area contributed by atoms with Gasteiger partial charge in [0.15, 0.2) is 6.54 Å². The van der Waals surface area contributed by atoms with Crippen molar-refractivity contribution in [3.8, 4) is 0 Å². The smallest absolute Gasteiger partial charge is 0.262 e. The summed E-state index contributed by atoms with van der Waals surface area (Å²) in [6, 6.07) is 28.9. The van der Waals surface area contributed by atoms with E-state index < -0.39 is 0 Å². The molecule has 16 heteroatoms. The molecule has 4 aromatic carbocycles. The summed E-state index contributed by atoms with van der Waals surface area (Å²) in [5, 5.41) is 31.6. The molecule has 0 amide bonds. The molecule has 0 atom stereocenters. The molecule has 0 saturated heterocycles. The number of para-hydroxylation sites is 2. The van der Waals surface area contributed by atoms with Crippen LogP contribution >= 0.6 is 82.0 Å². The van der Waals surface area contributed by atoms with Gasteiger partial charge in [0.2, 0.25) is 5.52 Å². The third-order valence-corrected chi connectivity index (χ3v) is 14.1. The SMILES string of the molecule is Cc1cc2c(cc1Cl)S/C(=C\C=C1/CCC(/C=C/c3sc4cc(Cl)c(Cl)cc4[n+]3CCCSOO[O-])=C1N(c1ccccc1)c1ccccc1)N2CCCSOO[O-]. The molecule has 302 valence electrons. The van der Waals surface area contributed by atoms with Gasteiger partial charge in [-0.3, -0.25) is 10.1 Å². The van der Waals surface area contributed by atoms with E-state index >= 15 is 0 Å². The molecule has 0 saturated carbocycles. The number of thioether (sulfide) groups is 1. The van der Waals surface area contributed by atoms with E-state index in [0.717, 1.165) is 108 Å². The first-order valence-electron chi connectivity index (χ1n) is 18.3. The molecular formula is C42H37Cl3N3O6S4-. The van der Waals surface area contributed by atoms with Crippen LogP contribution in [-0.2, 0) is 25.3 Å². The molecule has 2 aliphatic rings. The van der Waals surface area contributed by atoms with Crippen molar-refractivity contribution in [1.29, 1.82) is 0 Å². The Morgan fingerprint density at radius 3 is 2.17 bits per heavy atom. The van der Waals surface area contributed by atoms with E-state index in [0.29, 0.717) is 34.6 Å². The minimum atomic E-state index is 0.488.